The van der Waals surface area contributed by atoms with E-state index in [1.807, 2.05) is 23.2 Å². The van der Waals surface area contributed by atoms with E-state index in [0.717, 1.165) is 24.2 Å². The minimum absolute atomic E-state index is 0.0558. The summed E-state index contributed by atoms with van der Waals surface area (Å²) >= 11 is 0. The zero-order valence-corrected chi connectivity index (χ0v) is 15.0. The summed E-state index contributed by atoms with van der Waals surface area (Å²) in [5.41, 5.74) is 1.79. The first-order valence-corrected chi connectivity index (χ1v) is 8.56. The van der Waals surface area contributed by atoms with Gasteiger partial charge in [0.25, 0.3) is 5.69 Å². The molecule has 0 atom stereocenters. The summed E-state index contributed by atoms with van der Waals surface area (Å²) in [5.74, 6) is 1.20. The highest BCUT2D eigenvalue weighted by Gasteiger charge is 2.09. The minimum atomic E-state index is -0.426. The molecule has 0 aromatic heterocycles. The fourth-order valence-corrected chi connectivity index (χ4v) is 2.58. The summed E-state index contributed by atoms with van der Waals surface area (Å²) in [7, 11) is 1.58. The standard InChI is InChI=1S/C19H21N3O5/c1-25-19-12-16(13-20-21-8-10-26-11-9-21)4-7-18(19)27-14-15-2-5-17(6-3-15)22(23)24/h2-7,12-13H,8-11,14H2,1H3/b20-13+. The van der Waals surface area contributed by atoms with Gasteiger partial charge in [-0.3, -0.25) is 15.1 Å². The van der Waals surface area contributed by atoms with Crippen LogP contribution < -0.4 is 9.47 Å². The van der Waals surface area contributed by atoms with Crippen molar-refractivity contribution in [3.05, 3.63) is 63.7 Å². The topological polar surface area (TPSA) is 86.4 Å². The van der Waals surface area contributed by atoms with Gasteiger partial charge in [-0.15, -0.1) is 0 Å². The molecule has 0 bridgehead atoms. The van der Waals surface area contributed by atoms with Gasteiger partial charge < -0.3 is 14.2 Å². The monoisotopic (exact) mass is 371 g/mol. The van der Waals surface area contributed by atoms with E-state index < -0.39 is 4.92 Å². The summed E-state index contributed by atoms with van der Waals surface area (Å²) in [6.07, 6.45) is 1.79. The first-order chi connectivity index (χ1) is 13.2. The smallest absolute Gasteiger partial charge is 0.269 e. The number of rotatable bonds is 7. The number of ether oxygens (including phenoxy) is 3. The van der Waals surface area contributed by atoms with Crippen molar-refractivity contribution in [1.29, 1.82) is 0 Å². The molecule has 2 aromatic carbocycles. The number of benzene rings is 2. The van der Waals surface area contributed by atoms with Gasteiger partial charge in [-0.2, -0.15) is 5.10 Å². The number of nitro groups is 1. The molecule has 0 spiro atoms. The summed E-state index contributed by atoms with van der Waals surface area (Å²) in [4.78, 5) is 10.3. The Morgan fingerprint density at radius 3 is 2.59 bits per heavy atom. The molecule has 1 heterocycles. The molecule has 0 radical (unpaired) electrons. The number of hydrogen-bond donors (Lipinski definition) is 0. The van der Waals surface area contributed by atoms with Crippen molar-refractivity contribution in [2.45, 2.75) is 6.61 Å². The Bertz CT molecular complexity index is 801. The molecule has 0 amide bonds. The number of nitrogens with zero attached hydrogens (tertiary/aromatic N) is 3. The molecule has 8 heteroatoms. The van der Waals surface area contributed by atoms with Crippen LogP contribution in [0.1, 0.15) is 11.1 Å². The number of non-ortho nitro benzene ring substituents is 1. The molecule has 1 fully saturated rings. The lowest BCUT2D eigenvalue weighted by Crippen LogP contribution is -2.32. The summed E-state index contributed by atoms with van der Waals surface area (Å²) in [6, 6.07) is 11.8. The predicted octanol–water partition coefficient (Wildman–Crippen LogP) is 2.85. The zero-order valence-electron chi connectivity index (χ0n) is 15.0. The Hall–Kier alpha value is -3.13. The Morgan fingerprint density at radius 1 is 1.19 bits per heavy atom. The number of methoxy groups -OCH3 is 1. The summed E-state index contributed by atoms with van der Waals surface area (Å²) in [5, 5.41) is 17.1. The first kappa shape index (κ1) is 18.7. The van der Waals surface area contributed by atoms with Crippen molar-refractivity contribution in [2.24, 2.45) is 5.10 Å². The second-order valence-electron chi connectivity index (χ2n) is 5.93. The molecule has 8 nitrogen and oxygen atoms in total. The molecular weight excluding hydrogens is 350 g/mol. The number of morpholine rings is 1. The van der Waals surface area contributed by atoms with Gasteiger partial charge in [0.1, 0.15) is 6.61 Å². The van der Waals surface area contributed by atoms with Crippen molar-refractivity contribution in [2.75, 3.05) is 33.4 Å². The zero-order chi connectivity index (χ0) is 19.1. The summed E-state index contributed by atoms with van der Waals surface area (Å²) < 4.78 is 16.5. The van der Waals surface area contributed by atoms with Crippen molar-refractivity contribution in [3.63, 3.8) is 0 Å². The van der Waals surface area contributed by atoms with Crippen LogP contribution in [-0.4, -0.2) is 49.6 Å². The molecule has 2 aromatic rings. The molecule has 0 N–H and O–H groups in total. The van der Waals surface area contributed by atoms with Gasteiger partial charge in [-0.25, -0.2) is 0 Å². The minimum Gasteiger partial charge on any atom is -0.493 e. The van der Waals surface area contributed by atoms with Gasteiger partial charge >= 0.3 is 0 Å². The van der Waals surface area contributed by atoms with Crippen LogP contribution in [0.2, 0.25) is 0 Å². The van der Waals surface area contributed by atoms with E-state index >= 15 is 0 Å². The van der Waals surface area contributed by atoms with E-state index in [0.29, 0.717) is 24.7 Å². The maximum absolute atomic E-state index is 10.7. The summed E-state index contributed by atoms with van der Waals surface area (Å²) in [6.45, 7) is 3.23. The second-order valence-corrected chi connectivity index (χ2v) is 5.93. The Labute approximate surface area is 157 Å². The largest absolute Gasteiger partial charge is 0.493 e. The van der Waals surface area contributed by atoms with Crippen LogP contribution in [-0.2, 0) is 11.3 Å². The van der Waals surface area contributed by atoms with Crippen molar-refractivity contribution in [1.82, 2.24) is 5.01 Å². The number of nitro benzene ring substituents is 1. The second kappa shape index (κ2) is 9.00. The Morgan fingerprint density at radius 2 is 1.93 bits per heavy atom. The average molecular weight is 371 g/mol. The number of hydrazone groups is 1. The van der Waals surface area contributed by atoms with Gasteiger partial charge in [0.05, 0.1) is 44.6 Å². The lowest BCUT2D eigenvalue weighted by Gasteiger charge is -2.23. The quantitative estimate of drug-likeness (QED) is 0.423. The number of hydrogen-bond acceptors (Lipinski definition) is 7. The molecular formula is C19H21N3O5. The highest BCUT2D eigenvalue weighted by molar-refractivity contribution is 5.80. The third kappa shape index (κ3) is 5.18. The third-order valence-corrected chi connectivity index (χ3v) is 4.09. The van der Waals surface area contributed by atoms with E-state index in [1.54, 1.807) is 25.5 Å². The highest BCUT2D eigenvalue weighted by Crippen LogP contribution is 2.28. The van der Waals surface area contributed by atoms with Crippen molar-refractivity contribution >= 4 is 11.9 Å². The maximum Gasteiger partial charge on any atom is 0.269 e. The molecule has 0 aliphatic carbocycles. The van der Waals surface area contributed by atoms with E-state index in [-0.39, 0.29) is 12.3 Å². The fourth-order valence-electron chi connectivity index (χ4n) is 2.58. The molecule has 27 heavy (non-hydrogen) atoms. The van der Waals surface area contributed by atoms with Crippen LogP contribution >= 0.6 is 0 Å². The van der Waals surface area contributed by atoms with E-state index in [9.17, 15) is 10.1 Å². The molecule has 0 unspecified atom stereocenters. The van der Waals surface area contributed by atoms with E-state index in [4.69, 9.17) is 14.2 Å². The predicted molar refractivity (Wildman–Crippen MR) is 100 cm³/mol. The van der Waals surface area contributed by atoms with Gasteiger partial charge in [-0.1, -0.05) is 0 Å². The fraction of sp³-hybridized carbons (Fsp3) is 0.316. The highest BCUT2D eigenvalue weighted by atomic mass is 16.6. The third-order valence-electron chi connectivity index (χ3n) is 4.09. The molecule has 1 aliphatic heterocycles. The molecule has 142 valence electrons. The van der Waals surface area contributed by atoms with Crippen LogP contribution in [0.15, 0.2) is 47.6 Å². The van der Waals surface area contributed by atoms with Crippen molar-refractivity contribution < 1.29 is 19.1 Å². The van der Waals surface area contributed by atoms with Crippen LogP contribution in [0.4, 0.5) is 5.69 Å². The normalized spacial score (nSPS) is 14.3. The lowest BCUT2D eigenvalue weighted by atomic mass is 10.2. The lowest BCUT2D eigenvalue weighted by molar-refractivity contribution is -0.384. The van der Waals surface area contributed by atoms with Crippen LogP contribution in [0.5, 0.6) is 11.5 Å². The van der Waals surface area contributed by atoms with Crippen molar-refractivity contribution in [3.8, 4) is 11.5 Å². The Kier molecular flexibility index (Phi) is 6.22. The Balaban J connectivity index is 1.63. The van der Waals surface area contributed by atoms with Gasteiger partial charge in [0.15, 0.2) is 11.5 Å². The van der Waals surface area contributed by atoms with Gasteiger partial charge in [-0.05, 0) is 41.5 Å². The van der Waals surface area contributed by atoms with Crippen LogP contribution in [0.3, 0.4) is 0 Å². The van der Waals surface area contributed by atoms with E-state index in [2.05, 4.69) is 5.10 Å². The first-order valence-electron chi connectivity index (χ1n) is 8.56. The molecule has 3 rings (SSSR count). The average Bonchev–Trinajstić information content (AvgIpc) is 2.72. The van der Waals surface area contributed by atoms with Crippen LogP contribution in [0, 0.1) is 10.1 Å². The van der Waals surface area contributed by atoms with Gasteiger partial charge in [0.2, 0.25) is 0 Å². The molecule has 1 saturated heterocycles. The SMILES string of the molecule is COc1cc(/C=N/N2CCOCC2)ccc1OCc1ccc([N+](=O)[O-])cc1. The molecule has 1 aliphatic rings. The van der Waals surface area contributed by atoms with Crippen LogP contribution in [0.25, 0.3) is 0 Å². The maximum atomic E-state index is 10.7. The molecule has 0 saturated carbocycles. The van der Waals surface area contributed by atoms with E-state index in [1.165, 1.54) is 12.1 Å². The van der Waals surface area contributed by atoms with Gasteiger partial charge in [0, 0.05) is 12.1 Å².